The van der Waals surface area contributed by atoms with Crippen LogP contribution in [0.5, 0.6) is 0 Å². The van der Waals surface area contributed by atoms with Gasteiger partial charge in [-0.3, -0.25) is 4.57 Å². The second-order valence-electron chi connectivity index (χ2n) is 4.06. The summed E-state index contributed by atoms with van der Waals surface area (Å²) in [6.07, 6.45) is -0.445. The van der Waals surface area contributed by atoms with Crippen molar-refractivity contribution < 1.29 is 29.9 Å². The molecule has 1 aliphatic heterocycles. The fourth-order valence-corrected chi connectivity index (χ4v) is 1.94. The zero-order valence-corrected chi connectivity index (χ0v) is 11.0. The van der Waals surface area contributed by atoms with Gasteiger partial charge in [-0.1, -0.05) is 0 Å². The maximum Gasteiger partial charge on any atom is 0.348 e. The van der Waals surface area contributed by atoms with Gasteiger partial charge in [0.25, 0.3) is 0 Å². The number of hydrogen-bond donors (Lipinski definition) is 2. The molecule has 100 valence electrons. The van der Waals surface area contributed by atoms with Gasteiger partial charge in [-0.05, 0) is 19.9 Å². The minimum absolute atomic E-state index is 0.0745. The van der Waals surface area contributed by atoms with Gasteiger partial charge in [0.1, 0.15) is 18.3 Å². The minimum Gasteiger partial charge on any atom is -0.376 e. The van der Waals surface area contributed by atoms with Crippen LogP contribution >= 0.6 is 7.60 Å². The monoisotopic (exact) mass is 267 g/mol. The van der Waals surface area contributed by atoms with Gasteiger partial charge in [-0.2, -0.15) is 0 Å². The van der Waals surface area contributed by atoms with Crippen LogP contribution in [-0.4, -0.2) is 47.9 Å². The molecule has 1 rings (SSSR count). The standard InChI is InChI=1S/C10H19O6P/c1-7(2)16-10-8(4-5-17(11,12)13)15-6-9(10)14-3/h4-5,7-10H,6H2,1-3H3,(H2,11,12,13)/b5-4+/t8-,9+,10-/m1/s1/i5D. The van der Waals surface area contributed by atoms with Crippen molar-refractivity contribution in [1.82, 2.24) is 0 Å². The van der Waals surface area contributed by atoms with Crippen LogP contribution in [-0.2, 0) is 18.8 Å². The van der Waals surface area contributed by atoms with E-state index in [2.05, 4.69) is 0 Å². The molecule has 0 aromatic carbocycles. The topological polar surface area (TPSA) is 85.2 Å². The average Bonchev–Trinajstić information content (AvgIpc) is 2.59. The van der Waals surface area contributed by atoms with E-state index in [1.807, 2.05) is 13.8 Å². The molecule has 0 aliphatic carbocycles. The van der Waals surface area contributed by atoms with E-state index in [9.17, 15) is 4.57 Å². The minimum atomic E-state index is -4.55. The Bertz CT molecular complexity index is 352. The van der Waals surface area contributed by atoms with E-state index >= 15 is 0 Å². The van der Waals surface area contributed by atoms with E-state index in [-0.39, 0.29) is 18.8 Å². The third-order valence-electron chi connectivity index (χ3n) is 2.28. The van der Waals surface area contributed by atoms with Gasteiger partial charge >= 0.3 is 7.60 Å². The predicted octanol–water partition coefficient (Wildman–Crippen LogP) is 0.885. The van der Waals surface area contributed by atoms with Crippen molar-refractivity contribution in [2.24, 2.45) is 0 Å². The third-order valence-corrected chi connectivity index (χ3v) is 2.77. The zero-order valence-electron chi connectivity index (χ0n) is 11.1. The first-order valence-corrected chi connectivity index (χ1v) is 6.91. The van der Waals surface area contributed by atoms with Crippen LogP contribution in [0.3, 0.4) is 0 Å². The van der Waals surface area contributed by atoms with Crippen LogP contribution in [0.1, 0.15) is 15.2 Å². The number of ether oxygens (including phenoxy) is 3. The molecular formula is C10H19O6P. The molecule has 6 nitrogen and oxygen atoms in total. The Morgan fingerprint density at radius 1 is 1.59 bits per heavy atom. The summed E-state index contributed by atoms with van der Waals surface area (Å²) in [5, 5.41) is 0. The summed E-state index contributed by atoms with van der Waals surface area (Å²) in [7, 11) is -3.03. The molecule has 1 saturated heterocycles. The molecule has 1 heterocycles. The smallest absolute Gasteiger partial charge is 0.348 e. The molecule has 0 spiro atoms. The Morgan fingerprint density at radius 3 is 2.71 bits per heavy atom. The normalized spacial score (nSPS) is 32.0. The first kappa shape index (κ1) is 13.2. The van der Waals surface area contributed by atoms with E-state index in [1.54, 1.807) is 0 Å². The van der Waals surface area contributed by atoms with E-state index in [4.69, 9.17) is 25.4 Å². The highest BCUT2D eigenvalue weighted by atomic mass is 31.2. The van der Waals surface area contributed by atoms with Gasteiger partial charge < -0.3 is 24.0 Å². The predicted molar refractivity (Wildman–Crippen MR) is 61.7 cm³/mol. The van der Waals surface area contributed by atoms with Crippen LogP contribution in [0.4, 0.5) is 0 Å². The van der Waals surface area contributed by atoms with Gasteiger partial charge in [-0.25, -0.2) is 0 Å². The molecule has 7 heteroatoms. The van der Waals surface area contributed by atoms with Crippen molar-refractivity contribution in [2.45, 2.75) is 38.3 Å². The molecule has 0 aromatic heterocycles. The summed E-state index contributed by atoms with van der Waals surface area (Å²) in [6, 6.07) is 0. The molecule has 3 atom stereocenters. The fraction of sp³-hybridized carbons (Fsp3) is 0.800. The molecule has 0 unspecified atom stereocenters. The van der Waals surface area contributed by atoms with Gasteiger partial charge in [-0.15, -0.1) is 0 Å². The van der Waals surface area contributed by atoms with E-state index < -0.39 is 25.6 Å². The summed E-state index contributed by atoms with van der Waals surface area (Å²) >= 11 is 0. The van der Waals surface area contributed by atoms with Crippen molar-refractivity contribution in [3.8, 4) is 0 Å². The molecule has 0 aromatic rings. The maximum atomic E-state index is 10.9. The molecule has 0 radical (unpaired) electrons. The van der Waals surface area contributed by atoms with Crippen molar-refractivity contribution in [2.75, 3.05) is 13.7 Å². The van der Waals surface area contributed by atoms with Crippen LogP contribution in [0.25, 0.3) is 0 Å². The first-order valence-electron chi connectivity index (χ1n) is 5.80. The Labute approximate surface area is 102 Å². The second-order valence-corrected chi connectivity index (χ2v) is 5.41. The molecule has 0 amide bonds. The highest BCUT2D eigenvalue weighted by Gasteiger charge is 2.37. The zero-order chi connectivity index (χ0) is 13.9. The van der Waals surface area contributed by atoms with Gasteiger partial charge in [0, 0.05) is 12.9 Å². The van der Waals surface area contributed by atoms with Gasteiger partial charge in [0.05, 0.1) is 14.1 Å². The molecule has 17 heavy (non-hydrogen) atoms. The second kappa shape index (κ2) is 6.09. The lowest BCUT2D eigenvalue weighted by molar-refractivity contribution is -0.0659. The molecular weight excluding hydrogens is 247 g/mol. The highest BCUT2D eigenvalue weighted by Crippen LogP contribution is 2.37. The largest absolute Gasteiger partial charge is 0.376 e. The van der Waals surface area contributed by atoms with Crippen molar-refractivity contribution in [3.05, 3.63) is 11.9 Å². The van der Waals surface area contributed by atoms with Crippen LogP contribution < -0.4 is 0 Å². The summed E-state index contributed by atoms with van der Waals surface area (Å²) in [5.41, 5.74) is 0. The van der Waals surface area contributed by atoms with E-state index in [0.717, 1.165) is 6.08 Å². The average molecular weight is 267 g/mol. The van der Waals surface area contributed by atoms with Gasteiger partial charge in [0.2, 0.25) is 0 Å². The van der Waals surface area contributed by atoms with Crippen LogP contribution in [0, 0.1) is 0 Å². The Balaban J connectivity index is 2.84. The van der Waals surface area contributed by atoms with E-state index in [1.165, 1.54) is 7.11 Å². The highest BCUT2D eigenvalue weighted by molar-refractivity contribution is 7.55. The molecule has 1 fully saturated rings. The summed E-state index contributed by atoms with van der Waals surface area (Å²) in [4.78, 5) is 17.7. The summed E-state index contributed by atoms with van der Waals surface area (Å²) in [6.45, 7) is 3.95. The SMILES string of the molecule is [2H]/C(=C\[C@H]1OC[C@H](OC)[C@@H]1OC(C)C)P(=O)(O)O. The lowest BCUT2D eigenvalue weighted by atomic mass is 10.1. The lowest BCUT2D eigenvalue weighted by Gasteiger charge is -2.23. The number of hydrogen-bond acceptors (Lipinski definition) is 4. The quantitative estimate of drug-likeness (QED) is 0.719. The van der Waals surface area contributed by atoms with Crippen molar-refractivity contribution in [3.63, 3.8) is 0 Å². The molecule has 2 N–H and O–H groups in total. The van der Waals surface area contributed by atoms with Crippen molar-refractivity contribution >= 4 is 7.60 Å². The van der Waals surface area contributed by atoms with E-state index in [0.29, 0.717) is 0 Å². The summed E-state index contributed by atoms with van der Waals surface area (Å²) < 4.78 is 34.4. The molecule has 1 aliphatic rings. The Morgan fingerprint density at radius 2 is 2.24 bits per heavy atom. The molecule has 0 saturated carbocycles. The number of rotatable bonds is 5. The fourth-order valence-electron chi connectivity index (χ4n) is 1.60. The first-order chi connectivity index (χ1) is 8.25. The summed E-state index contributed by atoms with van der Waals surface area (Å²) in [5.74, 6) is -0.762. The van der Waals surface area contributed by atoms with Crippen molar-refractivity contribution in [1.29, 1.82) is 0 Å². The third kappa shape index (κ3) is 4.87. The van der Waals surface area contributed by atoms with Crippen LogP contribution in [0.2, 0.25) is 0 Å². The molecule has 0 bridgehead atoms. The van der Waals surface area contributed by atoms with Gasteiger partial charge in [0.15, 0.2) is 0 Å². The Hall–Kier alpha value is -0.230. The maximum absolute atomic E-state index is 10.9. The number of methoxy groups -OCH3 is 1. The Kier molecular flexibility index (Phi) is 4.73. The van der Waals surface area contributed by atoms with Crippen LogP contribution in [0.15, 0.2) is 11.9 Å². The lowest BCUT2D eigenvalue weighted by Crippen LogP contribution is -2.35.